The number of aryl methyl sites for hydroxylation is 2. The van der Waals surface area contributed by atoms with Gasteiger partial charge in [0.25, 0.3) is 0 Å². The lowest BCUT2D eigenvalue weighted by atomic mass is 10.1. The van der Waals surface area contributed by atoms with E-state index in [4.69, 9.17) is 4.98 Å². The van der Waals surface area contributed by atoms with Crippen LogP contribution in [0.25, 0.3) is 0 Å². The Hall–Kier alpha value is -2.43. The van der Waals surface area contributed by atoms with E-state index >= 15 is 0 Å². The zero-order valence-electron chi connectivity index (χ0n) is 16.9. The Labute approximate surface area is 168 Å². The van der Waals surface area contributed by atoms with Gasteiger partial charge in [0.15, 0.2) is 0 Å². The van der Waals surface area contributed by atoms with Crippen LogP contribution in [-0.4, -0.2) is 14.1 Å². The lowest BCUT2D eigenvalue weighted by Crippen LogP contribution is -2.34. The lowest BCUT2D eigenvalue weighted by molar-refractivity contribution is -0.689. The highest BCUT2D eigenvalue weighted by Gasteiger charge is 2.09. The Morgan fingerprint density at radius 2 is 1.11 bits per heavy atom. The molecule has 1 aliphatic heterocycles. The maximum absolute atomic E-state index is 4.88. The summed E-state index contributed by atoms with van der Waals surface area (Å²) < 4.78 is 9.09. The predicted octanol–water partition coefficient (Wildman–Crippen LogP) is 3.49. The van der Waals surface area contributed by atoms with Gasteiger partial charge in [-0.2, -0.15) is 0 Å². The molecule has 0 atom stereocenters. The number of pyridine rings is 1. The molecular formula is C23H33N5+2. The molecule has 4 rings (SSSR count). The van der Waals surface area contributed by atoms with Crippen molar-refractivity contribution < 1.29 is 9.13 Å². The highest BCUT2D eigenvalue weighted by molar-refractivity contribution is 5.09. The molecule has 0 aromatic carbocycles. The first-order valence-corrected chi connectivity index (χ1v) is 10.9. The van der Waals surface area contributed by atoms with Crippen LogP contribution >= 0.6 is 0 Å². The number of aromatic nitrogens is 5. The number of fused-ring (bicyclic) bond motifs is 6. The van der Waals surface area contributed by atoms with E-state index in [0.717, 1.165) is 37.6 Å². The molecule has 0 fully saturated rings. The van der Waals surface area contributed by atoms with E-state index in [-0.39, 0.29) is 0 Å². The monoisotopic (exact) mass is 379 g/mol. The highest BCUT2D eigenvalue weighted by atomic mass is 15.1. The molecule has 0 saturated carbocycles. The Bertz CT molecular complexity index is 796. The van der Waals surface area contributed by atoms with Crippen molar-refractivity contribution in [3.63, 3.8) is 0 Å². The molecule has 0 unspecified atom stereocenters. The molecule has 5 heteroatoms. The molecule has 0 N–H and O–H groups in total. The van der Waals surface area contributed by atoms with Crippen LogP contribution in [0.5, 0.6) is 0 Å². The molecule has 6 bridgehead atoms. The van der Waals surface area contributed by atoms with E-state index in [1.165, 1.54) is 51.4 Å². The first kappa shape index (κ1) is 18.9. The van der Waals surface area contributed by atoms with Crippen LogP contribution in [0.15, 0.2) is 55.6 Å². The van der Waals surface area contributed by atoms with Crippen molar-refractivity contribution >= 4 is 0 Å². The fraction of sp³-hybridized carbons (Fsp3) is 0.522. The highest BCUT2D eigenvalue weighted by Crippen LogP contribution is 2.10. The van der Waals surface area contributed by atoms with Crippen molar-refractivity contribution in [2.45, 2.75) is 77.5 Å². The summed E-state index contributed by atoms with van der Waals surface area (Å²) in [5.41, 5.74) is 2.23. The number of rotatable bonds is 0. The number of nitrogens with zero attached hydrogens (tertiary/aromatic N) is 5. The predicted molar refractivity (Wildman–Crippen MR) is 109 cm³/mol. The first-order chi connectivity index (χ1) is 13.8. The van der Waals surface area contributed by atoms with E-state index in [0.29, 0.717) is 0 Å². The van der Waals surface area contributed by atoms with Gasteiger partial charge in [-0.05, 0) is 37.8 Å². The summed E-state index contributed by atoms with van der Waals surface area (Å²) in [4.78, 5) is 4.88. The number of hydrogen-bond donors (Lipinski definition) is 0. The molecular weight excluding hydrogens is 346 g/mol. The number of hydrogen-bond acceptors (Lipinski definition) is 1. The minimum absolute atomic E-state index is 0.826. The molecule has 0 amide bonds. The van der Waals surface area contributed by atoms with Crippen molar-refractivity contribution in [3.8, 4) is 0 Å². The van der Waals surface area contributed by atoms with Gasteiger partial charge in [0.1, 0.15) is 37.9 Å². The summed E-state index contributed by atoms with van der Waals surface area (Å²) in [6, 6.07) is 6.38. The summed E-state index contributed by atoms with van der Waals surface area (Å²) in [5.74, 6) is 0. The molecule has 1 aliphatic rings. The van der Waals surface area contributed by atoms with E-state index < -0.39 is 0 Å². The maximum Gasteiger partial charge on any atom is 0.244 e. The largest absolute Gasteiger partial charge is 0.250 e. The van der Waals surface area contributed by atoms with E-state index in [9.17, 15) is 0 Å². The summed E-state index contributed by atoms with van der Waals surface area (Å²) in [6.45, 7) is 3.89. The second-order valence-corrected chi connectivity index (χ2v) is 8.10. The van der Waals surface area contributed by atoms with Crippen LogP contribution in [0.3, 0.4) is 0 Å². The van der Waals surface area contributed by atoms with Crippen LogP contribution in [0, 0.1) is 0 Å². The van der Waals surface area contributed by atoms with Crippen molar-refractivity contribution in [2.24, 2.45) is 0 Å². The fourth-order valence-electron chi connectivity index (χ4n) is 4.06. The van der Waals surface area contributed by atoms with Gasteiger partial charge in [-0.15, -0.1) is 0 Å². The van der Waals surface area contributed by atoms with Gasteiger partial charge in [0.05, 0.1) is 24.5 Å². The van der Waals surface area contributed by atoms with Crippen molar-refractivity contribution in [1.82, 2.24) is 14.1 Å². The average Bonchev–Trinajstić information content (AvgIpc) is 3.32. The summed E-state index contributed by atoms with van der Waals surface area (Å²) in [6.07, 6.45) is 23.9. The van der Waals surface area contributed by atoms with Gasteiger partial charge in [-0.1, -0.05) is 31.7 Å². The average molecular weight is 380 g/mol. The second kappa shape index (κ2) is 9.67. The summed E-state index contributed by atoms with van der Waals surface area (Å²) >= 11 is 0. The molecule has 3 aromatic heterocycles. The molecule has 0 saturated heterocycles. The van der Waals surface area contributed by atoms with Gasteiger partial charge in [-0.3, -0.25) is 0 Å². The van der Waals surface area contributed by atoms with Crippen molar-refractivity contribution in [1.29, 1.82) is 0 Å². The van der Waals surface area contributed by atoms with Gasteiger partial charge in [0.2, 0.25) is 12.7 Å². The summed E-state index contributed by atoms with van der Waals surface area (Å²) in [7, 11) is 0. The lowest BCUT2D eigenvalue weighted by Gasteiger charge is -2.01. The minimum Gasteiger partial charge on any atom is -0.250 e. The Morgan fingerprint density at radius 3 is 1.61 bits per heavy atom. The molecule has 28 heavy (non-hydrogen) atoms. The topological polar surface area (TPSA) is 30.5 Å². The molecule has 4 heterocycles. The quantitative estimate of drug-likeness (QED) is 0.550. The van der Waals surface area contributed by atoms with Crippen molar-refractivity contribution in [2.75, 3.05) is 0 Å². The van der Waals surface area contributed by atoms with E-state index in [2.05, 4.69) is 73.9 Å². The van der Waals surface area contributed by atoms with E-state index in [1.807, 2.05) is 0 Å². The van der Waals surface area contributed by atoms with E-state index in [1.54, 1.807) is 0 Å². The minimum atomic E-state index is 0.826. The van der Waals surface area contributed by atoms with Crippen LogP contribution in [0.2, 0.25) is 0 Å². The van der Waals surface area contributed by atoms with Crippen LogP contribution in [0.1, 0.15) is 62.8 Å². The van der Waals surface area contributed by atoms with Gasteiger partial charge < -0.3 is 0 Å². The van der Waals surface area contributed by atoms with Crippen molar-refractivity contribution in [3.05, 3.63) is 67.0 Å². The molecule has 148 valence electrons. The third kappa shape index (κ3) is 5.54. The molecule has 3 aromatic rings. The Morgan fingerprint density at radius 1 is 0.643 bits per heavy atom. The third-order valence-corrected chi connectivity index (χ3v) is 5.63. The molecule has 0 aliphatic carbocycles. The summed E-state index contributed by atoms with van der Waals surface area (Å²) in [5, 5.41) is 0. The SMILES string of the molecule is c1cc2nc(c1)C[n+]1ccn(c1)CCCCCCCCCCn1cc[n+](c1)C2. The zero-order chi connectivity index (χ0) is 19.0. The maximum atomic E-state index is 4.88. The van der Waals surface area contributed by atoms with Crippen LogP contribution in [0.4, 0.5) is 0 Å². The third-order valence-electron chi connectivity index (χ3n) is 5.63. The Kier molecular flexibility index (Phi) is 6.53. The standard InChI is InChI=1S/C23H33N5/c1-2-4-6-8-13-26-15-17-28(21-26)19-23-11-9-10-22(24-23)18-27-16-14-25(20-27)12-7-5-3-1/h9-11,14-17,20-21H,1-8,12-13,18-19H2/q+2. The van der Waals surface area contributed by atoms with Crippen LogP contribution in [-0.2, 0) is 26.2 Å². The molecule has 0 radical (unpaired) electrons. The second-order valence-electron chi connectivity index (χ2n) is 8.10. The molecule has 0 spiro atoms. The molecule has 5 nitrogen and oxygen atoms in total. The normalized spacial score (nSPS) is 17.0. The first-order valence-electron chi connectivity index (χ1n) is 10.9. The fourth-order valence-corrected chi connectivity index (χ4v) is 4.06. The van der Waals surface area contributed by atoms with Crippen LogP contribution < -0.4 is 9.13 Å². The van der Waals surface area contributed by atoms with Gasteiger partial charge in [0, 0.05) is 0 Å². The van der Waals surface area contributed by atoms with Gasteiger partial charge in [-0.25, -0.2) is 23.3 Å². The smallest absolute Gasteiger partial charge is 0.244 e. The number of imidazole rings is 2. The zero-order valence-corrected chi connectivity index (χ0v) is 16.9. The Balaban J connectivity index is 1.46. The van der Waals surface area contributed by atoms with Gasteiger partial charge >= 0.3 is 0 Å².